The van der Waals surface area contributed by atoms with Gasteiger partial charge < -0.3 is 14.9 Å². The lowest BCUT2D eigenvalue weighted by Gasteiger charge is -2.15. The van der Waals surface area contributed by atoms with E-state index in [1.54, 1.807) is 35.0 Å². The molecule has 4 aromatic rings. The number of halogens is 2. The molecule has 0 fully saturated rings. The number of aromatic nitrogens is 5. The maximum absolute atomic E-state index is 14.3. The van der Waals surface area contributed by atoms with Crippen molar-refractivity contribution in [1.82, 2.24) is 24.9 Å². The van der Waals surface area contributed by atoms with Crippen LogP contribution in [0.1, 0.15) is 25.8 Å². The van der Waals surface area contributed by atoms with Crippen LogP contribution in [0.3, 0.4) is 0 Å². The van der Waals surface area contributed by atoms with Gasteiger partial charge in [-0.25, -0.2) is 18.7 Å². The van der Waals surface area contributed by atoms with Gasteiger partial charge in [0.25, 0.3) is 0 Å². The number of hydrogen-bond donors (Lipinski definition) is 2. The molecular weight excluding hydrogens is 430 g/mol. The maximum atomic E-state index is 14.3. The maximum Gasteiger partial charge on any atom is 0.183 e. The molecule has 33 heavy (non-hydrogen) atoms. The topological polar surface area (TPSA) is 102 Å². The van der Waals surface area contributed by atoms with Gasteiger partial charge in [-0.2, -0.15) is 5.10 Å². The van der Waals surface area contributed by atoms with E-state index in [-0.39, 0.29) is 29.9 Å². The van der Waals surface area contributed by atoms with E-state index in [1.807, 2.05) is 13.8 Å². The monoisotopic (exact) mass is 454 g/mol. The Hall–Kier alpha value is -3.66. The minimum atomic E-state index is -0.611. The first-order chi connectivity index (χ1) is 15.9. The first kappa shape index (κ1) is 22.5. The summed E-state index contributed by atoms with van der Waals surface area (Å²) in [6.07, 6.45) is 2.44. The van der Waals surface area contributed by atoms with Crippen molar-refractivity contribution in [2.45, 2.75) is 32.9 Å². The summed E-state index contributed by atoms with van der Waals surface area (Å²) in [6, 6.07) is 9.77. The van der Waals surface area contributed by atoms with E-state index < -0.39 is 11.9 Å². The molecule has 1 aromatic carbocycles. The van der Waals surface area contributed by atoms with Crippen molar-refractivity contribution in [2.24, 2.45) is 5.92 Å². The van der Waals surface area contributed by atoms with Crippen molar-refractivity contribution in [2.75, 3.05) is 11.9 Å². The number of rotatable bonds is 9. The molecule has 0 amide bonds. The smallest absolute Gasteiger partial charge is 0.183 e. The van der Waals surface area contributed by atoms with Crippen LogP contribution in [0.15, 0.2) is 53.4 Å². The quantitative estimate of drug-likeness (QED) is 0.392. The standard InChI is InChI=1S/C23H24F2N6O2/c1-14(2)21(32)7-9-26-22-17(25)12-27-23(28-22)19-11-20(18-8-10-33-30-18)31(29-19)13-15-5-3-4-6-16(15)24/h3-6,8,10-12,14,21,32H,7,9,13H2,1-2H3,(H,26,27,28). The normalized spacial score (nSPS) is 12.3. The fourth-order valence-corrected chi connectivity index (χ4v) is 3.27. The molecule has 8 nitrogen and oxygen atoms in total. The first-order valence-electron chi connectivity index (χ1n) is 10.6. The van der Waals surface area contributed by atoms with Gasteiger partial charge >= 0.3 is 0 Å². The highest BCUT2D eigenvalue weighted by Crippen LogP contribution is 2.26. The van der Waals surface area contributed by atoms with E-state index in [9.17, 15) is 13.9 Å². The predicted molar refractivity (Wildman–Crippen MR) is 118 cm³/mol. The largest absolute Gasteiger partial charge is 0.393 e. The summed E-state index contributed by atoms with van der Waals surface area (Å²) in [5, 5.41) is 21.3. The van der Waals surface area contributed by atoms with Gasteiger partial charge in [-0.05, 0) is 24.5 Å². The van der Waals surface area contributed by atoms with Crippen LogP contribution < -0.4 is 5.32 Å². The molecule has 0 aliphatic carbocycles. The molecule has 0 saturated carbocycles. The Morgan fingerprint density at radius 3 is 2.67 bits per heavy atom. The van der Waals surface area contributed by atoms with E-state index in [2.05, 4.69) is 25.5 Å². The van der Waals surface area contributed by atoms with Crippen molar-refractivity contribution in [3.8, 4) is 22.9 Å². The average molecular weight is 454 g/mol. The third-order valence-corrected chi connectivity index (χ3v) is 5.23. The second-order valence-electron chi connectivity index (χ2n) is 7.97. The molecule has 1 unspecified atom stereocenters. The van der Waals surface area contributed by atoms with E-state index in [1.165, 1.54) is 12.3 Å². The Labute approximate surface area is 189 Å². The van der Waals surface area contributed by atoms with Gasteiger partial charge in [-0.15, -0.1) is 0 Å². The van der Waals surface area contributed by atoms with E-state index in [4.69, 9.17) is 4.52 Å². The van der Waals surface area contributed by atoms with Gasteiger partial charge in [0, 0.05) is 18.2 Å². The SMILES string of the molecule is CC(C)C(O)CCNc1nc(-c2cc(-c3ccon3)n(Cc3ccccc3F)n2)ncc1F. The average Bonchev–Trinajstić information content (AvgIpc) is 3.46. The fraction of sp³-hybridized carbons (Fsp3) is 0.304. The molecule has 4 rings (SSSR count). The van der Waals surface area contributed by atoms with Gasteiger partial charge in [0.2, 0.25) is 0 Å². The van der Waals surface area contributed by atoms with Crippen molar-refractivity contribution in [3.63, 3.8) is 0 Å². The van der Waals surface area contributed by atoms with E-state index in [0.29, 0.717) is 35.6 Å². The molecule has 3 aromatic heterocycles. The summed E-state index contributed by atoms with van der Waals surface area (Å²) in [4.78, 5) is 8.34. The lowest BCUT2D eigenvalue weighted by atomic mass is 10.0. The lowest BCUT2D eigenvalue weighted by molar-refractivity contribution is 0.120. The van der Waals surface area contributed by atoms with Crippen molar-refractivity contribution >= 4 is 5.82 Å². The summed E-state index contributed by atoms with van der Waals surface area (Å²) in [6.45, 7) is 4.32. The Morgan fingerprint density at radius 1 is 1.12 bits per heavy atom. The van der Waals surface area contributed by atoms with Gasteiger partial charge in [-0.1, -0.05) is 37.2 Å². The molecule has 0 saturated heterocycles. The zero-order valence-electron chi connectivity index (χ0n) is 18.2. The molecule has 2 N–H and O–H groups in total. The molecule has 172 valence electrons. The highest BCUT2D eigenvalue weighted by atomic mass is 19.1. The molecule has 0 spiro atoms. The molecule has 0 bridgehead atoms. The van der Waals surface area contributed by atoms with Gasteiger partial charge in [0.15, 0.2) is 17.5 Å². The first-order valence-corrected chi connectivity index (χ1v) is 10.6. The second kappa shape index (κ2) is 9.86. The lowest BCUT2D eigenvalue weighted by Crippen LogP contribution is -2.19. The van der Waals surface area contributed by atoms with E-state index >= 15 is 0 Å². The minimum Gasteiger partial charge on any atom is -0.393 e. The molecule has 10 heteroatoms. The summed E-state index contributed by atoms with van der Waals surface area (Å²) in [5.41, 5.74) is 1.90. The summed E-state index contributed by atoms with van der Waals surface area (Å²) < 4.78 is 35.0. The number of aliphatic hydroxyl groups is 1. The summed E-state index contributed by atoms with van der Waals surface area (Å²) in [5.74, 6) is -0.650. The second-order valence-corrected chi connectivity index (χ2v) is 7.97. The number of anilines is 1. The van der Waals surface area contributed by atoms with Crippen LogP contribution in [0.4, 0.5) is 14.6 Å². The Bertz CT molecular complexity index is 1210. The van der Waals surface area contributed by atoms with E-state index in [0.717, 1.165) is 6.20 Å². The van der Waals surface area contributed by atoms with Crippen LogP contribution in [0.5, 0.6) is 0 Å². The summed E-state index contributed by atoms with van der Waals surface area (Å²) >= 11 is 0. The van der Waals surface area contributed by atoms with Crippen molar-refractivity contribution < 1.29 is 18.4 Å². The zero-order valence-corrected chi connectivity index (χ0v) is 18.2. The third kappa shape index (κ3) is 5.23. The highest BCUT2D eigenvalue weighted by molar-refractivity contribution is 5.63. The molecule has 0 radical (unpaired) electrons. The van der Waals surface area contributed by atoms with Crippen LogP contribution >= 0.6 is 0 Å². The van der Waals surface area contributed by atoms with Crippen LogP contribution in [0.25, 0.3) is 22.9 Å². The number of benzene rings is 1. The summed E-state index contributed by atoms with van der Waals surface area (Å²) in [7, 11) is 0. The van der Waals surface area contributed by atoms with Gasteiger partial charge in [0.1, 0.15) is 23.5 Å². The Balaban J connectivity index is 1.63. The Kier molecular flexibility index (Phi) is 6.74. The van der Waals surface area contributed by atoms with Crippen molar-refractivity contribution in [3.05, 3.63) is 66.1 Å². The molecule has 0 aliphatic heterocycles. The third-order valence-electron chi connectivity index (χ3n) is 5.23. The highest BCUT2D eigenvalue weighted by Gasteiger charge is 2.18. The molecule has 3 heterocycles. The molecule has 1 atom stereocenters. The number of nitrogens with zero attached hydrogens (tertiary/aromatic N) is 5. The van der Waals surface area contributed by atoms with Crippen LogP contribution in [0.2, 0.25) is 0 Å². The fourth-order valence-electron chi connectivity index (χ4n) is 3.27. The van der Waals surface area contributed by atoms with Crippen LogP contribution in [0, 0.1) is 17.6 Å². The van der Waals surface area contributed by atoms with Crippen LogP contribution in [-0.4, -0.2) is 42.7 Å². The van der Waals surface area contributed by atoms with Crippen LogP contribution in [-0.2, 0) is 6.54 Å². The van der Waals surface area contributed by atoms with Gasteiger partial charge in [0.05, 0.1) is 24.5 Å². The van der Waals surface area contributed by atoms with Crippen molar-refractivity contribution in [1.29, 1.82) is 0 Å². The minimum absolute atomic E-state index is 0.0163. The Morgan fingerprint density at radius 2 is 1.94 bits per heavy atom. The number of hydrogen-bond acceptors (Lipinski definition) is 7. The molecule has 0 aliphatic rings. The van der Waals surface area contributed by atoms with Gasteiger partial charge in [-0.3, -0.25) is 4.68 Å². The predicted octanol–water partition coefficient (Wildman–Crippen LogP) is 4.14. The zero-order chi connectivity index (χ0) is 23.4. The number of nitrogens with one attached hydrogen (secondary N) is 1. The molecular formula is C23H24F2N6O2. The number of aliphatic hydroxyl groups excluding tert-OH is 1.